The number of aliphatic hydroxyl groups excluding tert-OH is 2. The summed E-state index contributed by atoms with van der Waals surface area (Å²) in [6.07, 6.45) is -0.0850. The molecule has 3 rings (SSSR count). The molecule has 42 heavy (non-hydrogen) atoms. The van der Waals surface area contributed by atoms with Crippen LogP contribution in [0.3, 0.4) is 0 Å². The Morgan fingerprint density at radius 1 is 0.976 bits per heavy atom. The molecule has 230 valence electrons. The van der Waals surface area contributed by atoms with Gasteiger partial charge >= 0.3 is 0 Å². The molecule has 0 spiro atoms. The van der Waals surface area contributed by atoms with Gasteiger partial charge < -0.3 is 41.3 Å². The minimum absolute atomic E-state index is 0.00240. The van der Waals surface area contributed by atoms with Crippen LogP contribution in [0, 0.1) is 5.92 Å². The maximum Gasteiger partial charge on any atom is 0.247 e. The van der Waals surface area contributed by atoms with Gasteiger partial charge in [0.25, 0.3) is 0 Å². The van der Waals surface area contributed by atoms with Crippen LogP contribution in [0.1, 0.15) is 32.3 Å². The van der Waals surface area contributed by atoms with Gasteiger partial charge in [-0.2, -0.15) is 0 Å². The summed E-state index contributed by atoms with van der Waals surface area (Å²) in [5, 5.41) is 29.6. The SMILES string of the molecule is CC(C)[C@H]1NC(=O)CN(C)C(=O)[C@H](CO)NC(=O)[C@@H]2C[C@H](NC(=O)CCO)CN2C(=O)[C@H](Cc2ccccc2)NC1=O. The molecule has 0 radical (unpaired) electrons. The minimum Gasteiger partial charge on any atom is -0.396 e. The van der Waals surface area contributed by atoms with Crippen molar-refractivity contribution in [3.63, 3.8) is 0 Å². The summed E-state index contributed by atoms with van der Waals surface area (Å²) >= 11 is 0. The number of aliphatic hydroxyl groups is 2. The van der Waals surface area contributed by atoms with Crippen LogP contribution >= 0.6 is 0 Å². The van der Waals surface area contributed by atoms with E-state index in [1.165, 1.54) is 11.9 Å². The van der Waals surface area contributed by atoms with E-state index in [0.717, 1.165) is 10.5 Å². The predicted molar refractivity (Wildman–Crippen MR) is 149 cm³/mol. The third-order valence-electron chi connectivity index (χ3n) is 7.31. The maximum atomic E-state index is 14.1. The highest BCUT2D eigenvalue weighted by atomic mass is 16.3. The topological polar surface area (TPSA) is 197 Å². The summed E-state index contributed by atoms with van der Waals surface area (Å²) in [6, 6.07) is 3.58. The van der Waals surface area contributed by atoms with Crippen molar-refractivity contribution < 1.29 is 39.0 Å². The third kappa shape index (κ3) is 8.26. The predicted octanol–water partition coefficient (Wildman–Crippen LogP) is -2.73. The minimum atomic E-state index is -1.40. The highest BCUT2D eigenvalue weighted by Gasteiger charge is 2.44. The summed E-state index contributed by atoms with van der Waals surface area (Å²) in [5.41, 5.74) is 0.736. The number of nitrogens with one attached hydrogen (secondary N) is 4. The quantitative estimate of drug-likeness (QED) is 0.197. The van der Waals surface area contributed by atoms with E-state index >= 15 is 0 Å². The normalized spacial score (nSPS) is 26.1. The molecule has 0 saturated carbocycles. The Morgan fingerprint density at radius 3 is 2.26 bits per heavy atom. The fourth-order valence-electron chi connectivity index (χ4n) is 5.11. The number of amides is 6. The molecule has 6 N–H and O–H groups in total. The van der Waals surface area contributed by atoms with Gasteiger partial charge in [0.05, 0.1) is 19.8 Å². The Morgan fingerprint density at radius 2 is 1.64 bits per heavy atom. The molecule has 0 aliphatic carbocycles. The summed E-state index contributed by atoms with van der Waals surface area (Å²) in [7, 11) is 1.33. The van der Waals surface area contributed by atoms with Crippen LogP contribution in [0.2, 0.25) is 0 Å². The number of hydrogen-bond donors (Lipinski definition) is 6. The molecule has 2 heterocycles. The number of fused-ring (bicyclic) bond motifs is 1. The molecule has 6 amide bonds. The van der Waals surface area contributed by atoms with Crippen molar-refractivity contribution in [1.82, 2.24) is 31.1 Å². The highest BCUT2D eigenvalue weighted by molar-refractivity contribution is 5.97. The van der Waals surface area contributed by atoms with Crippen LogP contribution in [0.4, 0.5) is 0 Å². The molecule has 2 aliphatic rings. The van der Waals surface area contributed by atoms with Gasteiger partial charge in [0.2, 0.25) is 35.4 Å². The van der Waals surface area contributed by atoms with Crippen LogP contribution < -0.4 is 21.3 Å². The first-order chi connectivity index (χ1) is 19.9. The first-order valence-electron chi connectivity index (χ1n) is 14.0. The number of likely N-dealkylation sites (N-methyl/N-ethyl adjacent to an activating group) is 1. The molecule has 5 atom stereocenters. The lowest BCUT2D eigenvalue weighted by Gasteiger charge is -2.30. The van der Waals surface area contributed by atoms with Crippen molar-refractivity contribution in [2.75, 3.05) is 33.4 Å². The van der Waals surface area contributed by atoms with Crippen molar-refractivity contribution >= 4 is 35.4 Å². The van der Waals surface area contributed by atoms with E-state index in [-0.39, 0.29) is 38.3 Å². The molecule has 1 aromatic carbocycles. The molecule has 0 unspecified atom stereocenters. The Bertz CT molecular complexity index is 1160. The molecule has 1 aromatic rings. The van der Waals surface area contributed by atoms with E-state index in [9.17, 15) is 33.9 Å². The molecule has 14 nitrogen and oxygen atoms in total. The monoisotopic (exact) mass is 588 g/mol. The first-order valence-corrected chi connectivity index (χ1v) is 14.0. The van der Waals surface area contributed by atoms with Crippen LogP contribution in [0.5, 0.6) is 0 Å². The van der Waals surface area contributed by atoms with Gasteiger partial charge in [0.1, 0.15) is 24.2 Å². The van der Waals surface area contributed by atoms with Crippen LogP contribution in [0.15, 0.2) is 30.3 Å². The van der Waals surface area contributed by atoms with Gasteiger partial charge in [-0.3, -0.25) is 28.8 Å². The number of rotatable bonds is 7. The largest absolute Gasteiger partial charge is 0.396 e. The summed E-state index contributed by atoms with van der Waals surface area (Å²) in [6.45, 7) is 1.79. The second-order valence-corrected chi connectivity index (χ2v) is 11.0. The molecule has 0 aromatic heterocycles. The molecule has 14 heteroatoms. The Kier molecular flexibility index (Phi) is 11.4. The van der Waals surface area contributed by atoms with Crippen LogP contribution in [0.25, 0.3) is 0 Å². The van der Waals surface area contributed by atoms with E-state index in [1.54, 1.807) is 44.2 Å². The van der Waals surface area contributed by atoms with Gasteiger partial charge in [-0.1, -0.05) is 44.2 Å². The number of carbonyl (C=O) groups is 6. The summed E-state index contributed by atoms with van der Waals surface area (Å²) in [4.78, 5) is 81.4. The van der Waals surface area contributed by atoms with Crippen LogP contribution in [-0.4, -0.2) is 119 Å². The van der Waals surface area contributed by atoms with E-state index in [4.69, 9.17) is 5.11 Å². The van der Waals surface area contributed by atoms with Crippen molar-refractivity contribution in [2.24, 2.45) is 5.92 Å². The van der Waals surface area contributed by atoms with Gasteiger partial charge in [0.15, 0.2) is 0 Å². The van der Waals surface area contributed by atoms with Crippen molar-refractivity contribution in [1.29, 1.82) is 0 Å². The van der Waals surface area contributed by atoms with Crippen molar-refractivity contribution in [3.05, 3.63) is 35.9 Å². The molecule has 2 aliphatic heterocycles. The summed E-state index contributed by atoms with van der Waals surface area (Å²) in [5.74, 6) is -4.17. The molecule has 2 fully saturated rings. The molecule has 2 saturated heterocycles. The van der Waals surface area contributed by atoms with E-state index in [2.05, 4.69) is 21.3 Å². The highest BCUT2D eigenvalue weighted by Crippen LogP contribution is 2.22. The van der Waals surface area contributed by atoms with Gasteiger partial charge in [0, 0.05) is 32.5 Å². The van der Waals surface area contributed by atoms with Gasteiger partial charge in [-0.25, -0.2) is 0 Å². The zero-order chi connectivity index (χ0) is 31.0. The average molecular weight is 589 g/mol. The van der Waals surface area contributed by atoms with E-state index in [1.807, 2.05) is 0 Å². The van der Waals surface area contributed by atoms with Crippen molar-refractivity contribution in [3.8, 4) is 0 Å². The Balaban J connectivity index is 2.04. The number of carbonyl (C=O) groups excluding carboxylic acids is 6. The van der Waals surface area contributed by atoms with Gasteiger partial charge in [-0.15, -0.1) is 0 Å². The average Bonchev–Trinajstić information content (AvgIpc) is 3.37. The smallest absolute Gasteiger partial charge is 0.247 e. The van der Waals surface area contributed by atoms with E-state index < -0.39 is 78.8 Å². The zero-order valence-corrected chi connectivity index (χ0v) is 24.0. The lowest BCUT2D eigenvalue weighted by Crippen LogP contribution is -2.58. The standard InChI is InChI=1S/C28H40N6O8/c1-16(2)24-26(40)30-19(11-17-7-5-4-6-8-17)28(42)34-13-18(29-22(37)9-10-35)12-21(34)25(39)31-20(15-36)27(41)33(3)14-23(38)32-24/h4-8,16,18-21,24,35-36H,9-15H2,1-3H3,(H,29,37)(H,30,40)(H,31,39)(H,32,38)/t18-,19-,20-,21-,24+/m0/s1. The fourth-order valence-corrected chi connectivity index (χ4v) is 5.11. The van der Waals surface area contributed by atoms with E-state index in [0.29, 0.717) is 0 Å². The number of hydrogen-bond acceptors (Lipinski definition) is 8. The third-order valence-corrected chi connectivity index (χ3v) is 7.31. The number of nitrogens with zero attached hydrogens (tertiary/aromatic N) is 2. The zero-order valence-electron chi connectivity index (χ0n) is 24.0. The molecular formula is C28H40N6O8. The summed E-state index contributed by atoms with van der Waals surface area (Å²) < 4.78 is 0. The lowest BCUT2D eigenvalue weighted by molar-refractivity contribution is -0.143. The fraction of sp³-hybridized carbons (Fsp3) is 0.571. The lowest BCUT2D eigenvalue weighted by atomic mass is 10.0. The second-order valence-electron chi connectivity index (χ2n) is 11.0. The Hall–Kier alpha value is -4.04. The molecule has 0 bridgehead atoms. The van der Waals surface area contributed by atoms with Crippen molar-refractivity contribution in [2.45, 2.75) is 63.3 Å². The Labute approximate surface area is 244 Å². The second kappa shape index (κ2) is 14.7. The van der Waals surface area contributed by atoms with Crippen LogP contribution in [-0.2, 0) is 35.2 Å². The first kappa shape index (κ1) is 32.5. The number of benzene rings is 1. The molecular weight excluding hydrogens is 548 g/mol. The maximum absolute atomic E-state index is 14.1. The van der Waals surface area contributed by atoms with Gasteiger partial charge in [-0.05, 0) is 17.9 Å².